The van der Waals surface area contributed by atoms with Crippen molar-refractivity contribution in [1.82, 2.24) is 10.6 Å². The summed E-state index contributed by atoms with van der Waals surface area (Å²) < 4.78 is 26.1. The Morgan fingerprint density at radius 2 is 2.05 bits per heavy atom. The van der Waals surface area contributed by atoms with E-state index in [9.17, 15) is 18.4 Å². The van der Waals surface area contributed by atoms with Crippen LogP contribution in [0.5, 0.6) is 0 Å². The molecular weight excluding hydrogens is 280 g/mol. The molecule has 0 heterocycles. The molecule has 1 aromatic carbocycles. The number of nitrogens with one attached hydrogen (secondary N) is 2. The van der Waals surface area contributed by atoms with Crippen molar-refractivity contribution < 1.29 is 18.4 Å². The Morgan fingerprint density at radius 1 is 1.33 bits per heavy atom. The molecule has 1 atom stereocenters. The van der Waals surface area contributed by atoms with Gasteiger partial charge in [-0.1, -0.05) is 0 Å². The second-order valence-corrected chi connectivity index (χ2v) is 4.69. The summed E-state index contributed by atoms with van der Waals surface area (Å²) in [7, 11) is 0. The van der Waals surface area contributed by atoms with Crippen LogP contribution in [-0.4, -0.2) is 30.9 Å². The van der Waals surface area contributed by atoms with Crippen LogP contribution >= 0.6 is 0 Å². The lowest BCUT2D eigenvalue weighted by atomic mass is 10.2. The minimum atomic E-state index is -0.915. The van der Waals surface area contributed by atoms with E-state index in [1.165, 1.54) is 0 Å². The van der Waals surface area contributed by atoms with E-state index in [1.807, 2.05) is 0 Å². The minimum absolute atomic E-state index is 0.0968. The largest absolute Gasteiger partial charge is 0.352 e. The van der Waals surface area contributed by atoms with Crippen LogP contribution < -0.4 is 16.4 Å². The first-order valence-corrected chi connectivity index (χ1v) is 6.66. The highest BCUT2D eigenvalue weighted by Crippen LogP contribution is 2.09. The Bertz CT molecular complexity index is 509. The van der Waals surface area contributed by atoms with Crippen molar-refractivity contribution in [2.24, 2.45) is 5.73 Å². The summed E-state index contributed by atoms with van der Waals surface area (Å²) in [5.41, 5.74) is 5.15. The van der Waals surface area contributed by atoms with Crippen LogP contribution in [0, 0.1) is 11.6 Å². The van der Waals surface area contributed by atoms with Crippen LogP contribution in [0.3, 0.4) is 0 Å². The number of hydrogen-bond donors (Lipinski definition) is 3. The third-order valence-electron chi connectivity index (χ3n) is 2.80. The third-order valence-corrected chi connectivity index (χ3v) is 2.80. The van der Waals surface area contributed by atoms with Gasteiger partial charge in [0.1, 0.15) is 11.6 Å². The third kappa shape index (κ3) is 5.86. The molecule has 2 amide bonds. The maximum Gasteiger partial charge on any atom is 0.254 e. The Kier molecular flexibility index (Phi) is 6.74. The summed E-state index contributed by atoms with van der Waals surface area (Å²) in [5.74, 6) is -2.45. The van der Waals surface area contributed by atoms with Crippen molar-refractivity contribution in [2.75, 3.05) is 13.1 Å². The summed E-state index contributed by atoms with van der Waals surface area (Å²) >= 11 is 0. The quantitative estimate of drug-likeness (QED) is 0.655. The van der Waals surface area contributed by atoms with Crippen molar-refractivity contribution >= 4 is 11.8 Å². The molecule has 21 heavy (non-hydrogen) atoms. The maximum absolute atomic E-state index is 13.3. The fourth-order valence-electron chi connectivity index (χ4n) is 1.63. The standard InChI is InChI=1S/C14H19F2N3O2/c1-9(8-17)19-13(20)3-2-6-18-14(21)11-5-4-10(15)7-12(11)16/h4-5,7,9H,2-3,6,8,17H2,1H3,(H,18,21)(H,19,20)/t9-/m0/s1. The van der Waals surface area contributed by atoms with Crippen LogP contribution in [0.15, 0.2) is 18.2 Å². The number of halogens is 2. The summed E-state index contributed by atoms with van der Waals surface area (Å²) in [6.45, 7) is 2.36. The lowest BCUT2D eigenvalue weighted by Crippen LogP contribution is -2.38. The maximum atomic E-state index is 13.3. The van der Waals surface area contributed by atoms with E-state index in [-0.39, 0.29) is 30.5 Å². The zero-order chi connectivity index (χ0) is 15.8. The van der Waals surface area contributed by atoms with Crippen molar-refractivity contribution in [1.29, 1.82) is 0 Å². The van der Waals surface area contributed by atoms with Crippen molar-refractivity contribution in [3.63, 3.8) is 0 Å². The zero-order valence-corrected chi connectivity index (χ0v) is 11.8. The number of carbonyl (C=O) groups excluding carboxylic acids is 2. The summed E-state index contributed by atoms with van der Waals surface area (Å²) in [6, 6.07) is 2.65. The molecule has 0 radical (unpaired) electrons. The van der Waals surface area contributed by atoms with Crippen LogP contribution in [0.25, 0.3) is 0 Å². The van der Waals surface area contributed by atoms with E-state index in [4.69, 9.17) is 5.73 Å². The Hall–Kier alpha value is -2.02. The molecule has 7 heteroatoms. The van der Waals surface area contributed by atoms with Crippen LogP contribution in [0.4, 0.5) is 8.78 Å². The lowest BCUT2D eigenvalue weighted by Gasteiger charge is -2.11. The average molecular weight is 299 g/mol. The molecule has 0 bridgehead atoms. The summed E-state index contributed by atoms with van der Waals surface area (Å²) in [5, 5.41) is 5.16. The molecule has 5 nitrogen and oxygen atoms in total. The van der Waals surface area contributed by atoms with Gasteiger partial charge in [-0.2, -0.15) is 0 Å². The monoisotopic (exact) mass is 299 g/mol. The van der Waals surface area contributed by atoms with Crippen LogP contribution in [-0.2, 0) is 4.79 Å². The molecule has 4 N–H and O–H groups in total. The molecule has 0 aliphatic rings. The van der Waals surface area contributed by atoms with E-state index in [0.717, 1.165) is 12.1 Å². The van der Waals surface area contributed by atoms with Gasteiger partial charge in [-0.25, -0.2) is 8.78 Å². The number of rotatable bonds is 7. The number of benzene rings is 1. The molecule has 0 spiro atoms. The first-order chi connectivity index (χ1) is 9.93. The van der Waals surface area contributed by atoms with Gasteiger partial charge in [-0.3, -0.25) is 9.59 Å². The molecule has 0 saturated heterocycles. The van der Waals surface area contributed by atoms with Crippen molar-refractivity contribution in [3.8, 4) is 0 Å². The predicted molar refractivity (Wildman–Crippen MR) is 74.6 cm³/mol. The fourth-order valence-corrected chi connectivity index (χ4v) is 1.63. The van der Waals surface area contributed by atoms with Gasteiger partial charge in [0.2, 0.25) is 5.91 Å². The highest BCUT2D eigenvalue weighted by atomic mass is 19.1. The van der Waals surface area contributed by atoms with Gasteiger partial charge in [0, 0.05) is 31.6 Å². The normalized spacial score (nSPS) is 11.8. The Balaban J connectivity index is 2.32. The van der Waals surface area contributed by atoms with E-state index in [1.54, 1.807) is 6.92 Å². The number of carbonyl (C=O) groups is 2. The number of amides is 2. The number of nitrogens with two attached hydrogens (primary N) is 1. The van der Waals surface area contributed by atoms with Crippen LogP contribution in [0.1, 0.15) is 30.1 Å². The van der Waals surface area contributed by atoms with E-state index >= 15 is 0 Å². The molecule has 0 aromatic heterocycles. The second-order valence-electron chi connectivity index (χ2n) is 4.69. The predicted octanol–water partition coefficient (Wildman–Crippen LogP) is 0.938. The molecule has 0 aliphatic heterocycles. The molecular formula is C14H19F2N3O2. The smallest absolute Gasteiger partial charge is 0.254 e. The molecule has 1 aromatic rings. The van der Waals surface area contributed by atoms with Gasteiger partial charge >= 0.3 is 0 Å². The molecule has 0 aliphatic carbocycles. The molecule has 1 rings (SSSR count). The first kappa shape index (κ1) is 17.0. The Morgan fingerprint density at radius 3 is 2.67 bits per heavy atom. The second kappa shape index (κ2) is 8.31. The van der Waals surface area contributed by atoms with Crippen LogP contribution in [0.2, 0.25) is 0 Å². The van der Waals surface area contributed by atoms with Gasteiger partial charge in [0.05, 0.1) is 5.56 Å². The molecule has 0 fully saturated rings. The summed E-state index contributed by atoms with van der Waals surface area (Å²) in [6.07, 6.45) is 0.647. The van der Waals surface area contributed by atoms with Gasteiger partial charge in [0.15, 0.2) is 0 Å². The Labute approximate surface area is 121 Å². The minimum Gasteiger partial charge on any atom is -0.352 e. The van der Waals surface area contributed by atoms with E-state index in [2.05, 4.69) is 10.6 Å². The fraction of sp³-hybridized carbons (Fsp3) is 0.429. The average Bonchev–Trinajstić information content (AvgIpc) is 2.43. The number of hydrogen-bond acceptors (Lipinski definition) is 3. The molecule has 0 saturated carbocycles. The van der Waals surface area contributed by atoms with Gasteiger partial charge in [-0.05, 0) is 25.5 Å². The highest BCUT2D eigenvalue weighted by molar-refractivity contribution is 5.94. The molecule has 0 unspecified atom stereocenters. The van der Waals surface area contributed by atoms with E-state index in [0.29, 0.717) is 19.0 Å². The zero-order valence-electron chi connectivity index (χ0n) is 11.8. The first-order valence-electron chi connectivity index (χ1n) is 6.66. The lowest BCUT2D eigenvalue weighted by molar-refractivity contribution is -0.121. The highest BCUT2D eigenvalue weighted by Gasteiger charge is 2.12. The van der Waals surface area contributed by atoms with Gasteiger partial charge in [0.25, 0.3) is 5.91 Å². The SMILES string of the molecule is C[C@@H](CN)NC(=O)CCCNC(=O)c1ccc(F)cc1F. The van der Waals surface area contributed by atoms with Crippen molar-refractivity contribution in [2.45, 2.75) is 25.8 Å². The van der Waals surface area contributed by atoms with Gasteiger partial charge in [-0.15, -0.1) is 0 Å². The summed E-state index contributed by atoms with van der Waals surface area (Å²) in [4.78, 5) is 23.1. The molecule has 116 valence electrons. The van der Waals surface area contributed by atoms with Crippen molar-refractivity contribution in [3.05, 3.63) is 35.4 Å². The van der Waals surface area contributed by atoms with Gasteiger partial charge < -0.3 is 16.4 Å². The topological polar surface area (TPSA) is 84.2 Å². The van der Waals surface area contributed by atoms with E-state index < -0.39 is 17.5 Å².